The van der Waals surface area contributed by atoms with Gasteiger partial charge in [0.1, 0.15) is 29.4 Å². The van der Waals surface area contributed by atoms with Gasteiger partial charge in [-0.05, 0) is 12.1 Å². The SMILES string of the molecule is COc1ncc(C2=Nc3ccc(C#N)cc3OC2)nc1OC. The molecule has 7 nitrogen and oxygen atoms in total. The van der Waals surface area contributed by atoms with Gasteiger partial charge in [0.2, 0.25) is 0 Å². The third-order valence-electron chi connectivity index (χ3n) is 3.10. The lowest BCUT2D eigenvalue weighted by Gasteiger charge is -2.17. The van der Waals surface area contributed by atoms with Gasteiger partial charge in [0, 0.05) is 6.07 Å². The minimum absolute atomic E-state index is 0.242. The fourth-order valence-electron chi connectivity index (χ4n) is 2.02. The first kappa shape index (κ1) is 13.8. The lowest BCUT2D eigenvalue weighted by Crippen LogP contribution is -2.18. The molecule has 3 rings (SSSR count). The number of hydrogen-bond acceptors (Lipinski definition) is 7. The Morgan fingerprint density at radius 2 is 2.05 bits per heavy atom. The minimum atomic E-state index is 0.242. The molecule has 2 aromatic rings. The van der Waals surface area contributed by atoms with Crippen LogP contribution < -0.4 is 14.2 Å². The van der Waals surface area contributed by atoms with Crippen LogP contribution in [0.2, 0.25) is 0 Å². The van der Waals surface area contributed by atoms with E-state index in [0.717, 1.165) is 0 Å². The second-order valence-electron chi connectivity index (χ2n) is 4.42. The van der Waals surface area contributed by atoms with Crippen molar-refractivity contribution in [2.75, 3.05) is 20.8 Å². The number of nitrogens with zero attached hydrogens (tertiary/aromatic N) is 4. The topological polar surface area (TPSA) is 89.6 Å². The molecule has 0 bridgehead atoms. The zero-order chi connectivity index (χ0) is 15.5. The maximum absolute atomic E-state index is 8.89. The number of methoxy groups -OCH3 is 2. The van der Waals surface area contributed by atoms with E-state index in [4.69, 9.17) is 19.5 Å². The highest BCUT2D eigenvalue weighted by Gasteiger charge is 2.18. The molecular weight excluding hydrogens is 284 g/mol. The van der Waals surface area contributed by atoms with Crippen molar-refractivity contribution in [3.8, 4) is 23.6 Å². The average molecular weight is 296 g/mol. The van der Waals surface area contributed by atoms with Crippen LogP contribution in [0.1, 0.15) is 11.3 Å². The molecule has 0 saturated carbocycles. The molecule has 0 spiro atoms. The van der Waals surface area contributed by atoms with Crippen LogP contribution in [-0.4, -0.2) is 36.5 Å². The van der Waals surface area contributed by atoms with Crippen molar-refractivity contribution in [2.24, 2.45) is 4.99 Å². The summed E-state index contributed by atoms with van der Waals surface area (Å²) in [6, 6.07) is 7.16. The van der Waals surface area contributed by atoms with Crippen molar-refractivity contribution in [1.29, 1.82) is 5.26 Å². The first-order valence-corrected chi connectivity index (χ1v) is 6.45. The van der Waals surface area contributed by atoms with Gasteiger partial charge in [0.05, 0.1) is 32.0 Å². The second kappa shape index (κ2) is 5.69. The van der Waals surface area contributed by atoms with Crippen molar-refractivity contribution in [2.45, 2.75) is 0 Å². The Kier molecular flexibility index (Phi) is 3.58. The highest BCUT2D eigenvalue weighted by Crippen LogP contribution is 2.32. The van der Waals surface area contributed by atoms with Gasteiger partial charge in [0.25, 0.3) is 11.8 Å². The molecule has 22 heavy (non-hydrogen) atoms. The first-order chi connectivity index (χ1) is 10.7. The van der Waals surface area contributed by atoms with E-state index in [1.807, 2.05) is 0 Å². The third kappa shape index (κ3) is 2.42. The van der Waals surface area contributed by atoms with E-state index in [-0.39, 0.29) is 12.5 Å². The smallest absolute Gasteiger partial charge is 0.278 e. The highest BCUT2D eigenvalue weighted by atomic mass is 16.5. The Balaban J connectivity index is 1.99. The molecule has 0 atom stereocenters. The molecular formula is C15H12N4O3. The number of aliphatic imine (C=N–C) groups is 1. The number of hydrogen-bond donors (Lipinski definition) is 0. The number of benzene rings is 1. The zero-order valence-electron chi connectivity index (χ0n) is 12.0. The molecule has 1 aliphatic rings. The number of fused-ring (bicyclic) bond motifs is 1. The van der Waals surface area contributed by atoms with Crippen molar-refractivity contribution in [1.82, 2.24) is 9.97 Å². The fourth-order valence-corrected chi connectivity index (χ4v) is 2.02. The van der Waals surface area contributed by atoms with Gasteiger partial charge < -0.3 is 14.2 Å². The maximum atomic E-state index is 8.89. The van der Waals surface area contributed by atoms with Crippen molar-refractivity contribution < 1.29 is 14.2 Å². The Hall–Kier alpha value is -3.14. The summed E-state index contributed by atoms with van der Waals surface area (Å²) in [4.78, 5) is 13.0. The predicted octanol–water partition coefficient (Wildman–Crippen LogP) is 1.88. The van der Waals surface area contributed by atoms with Crippen LogP contribution in [0.3, 0.4) is 0 Å². The molecule has 0 fully saturated rings. The molecule has 1 aromatic carbocycles. The first-order valence-electron chi connectivity index (χ1n) is 6.45. The number of ether oxygens (including phenoxy) is 3. The normalized spacial score (nSPS) is 12.5. The van der Waals surface area contributed by atoms with Crippen LogP contribution in [-0.2, 0) is 0 Å². The second-order valence-corrected chi connectivity index (χ2v) is 4.42. The van der Waals surface area contributed by atoms with Crippen LogP contribution >= 0.6 is 0 Å². The molecule has 1 aliphatic heterocycles. The Labute approximate surface area is 126 Å². The molecule has 0 aliphatic carbocycles. The molecule has 0 N–H and O–H groups in total. The molecule has 0 amide bonds. The molecule has 0 saturated heterocycles. The molecule has 7 heteroatoms. The molecule has 0 unspecified atom stereocenters. The van der Waals surface area contributed by atoms with Gasteiger partial charge in [-0.3, -0.25) is 0 Å². The van der Waals surface area contributed by atoms with Gasteiger partial charge in [0.15, 0.2) is 0 Å². The van der Waals surface area contributed by atoms with Crippen LogP contribution in [0.15, 0.2) is 29.4 Å². The van der Waals surface area contributed by atoms with Crippen LogP contribution in [0.4, 0.5) is 5.69 Å². The summed E-state index contributed by atoms with van der Waals surface area (Å²) < 4.78 is 15.8. The quantitative estimate of drug-likeness (QED) is 0.859. The number of rotatable bonds is 3. The van der Waals surface area contributed by atoms with Gasteiger partial charge >= 0.3 is 0 Å². The van der Waals surface area contributed by atoms with Crippen molar-refractivity contribution >= 4 is 11.4 Å². The largest absolute Gasteiger partial charge is 0.485 e. The Morgan fingerprint density at radius 3 is 2.77 bits per heavy atom. The lowest BCUT2D eigenvalue weighted by molar-refractivity contribution is 0.330. The van der Waals surface area contributed by atoms with Gasteiger partial charge in [-0.25, -0.2) is 15.0 Å². The monoisotopic (exact) mass is 296 g/mol. The Morgan fingerprint density at radius 1 is 1.23 bits per heavy atom. The van der Waals surface area contributed by atoms with E-state index in [9.17, 15) is 0 Å². The third-order valence-corrected chi connectivity index (χ3v) is 3.10. The minimum Gasteiger partial charge on any atom is -0.485 e. The van der Waals surface area contributed by atoms with E-state index >= 15 is 0 Å². The van der Waals surface area contributed by atoms with Gasteiger partial charge in [-0.15, -0.1) is 0 Å². The van der Waals surface area contributed by atoms with Crippen LogP contribution in [0.25, 0.3) is 0 Å². The number of aromatic nitrogens is 2. The van der Waals surface area contributed by atoms with E-state index in [2.05, 4.69) is 21.0 Å². The van der Waals surface area contributed by atoms with E-state index in [0.29, 0.717) is 34.3 Å². The van der Waals surface area contributed by atoms with Crippen LogP contribution in [0.5, 0.6) is 17.5 Å². The van der Waals surface area contributed by atoms with E-state index in [1.165, 1.54) is 14.2 Å². The van der Waals surface area contributed by atoms with E-state index in [1.54, 1.807) is 24.4 Å². The molecule has 1 aromatic heterocycles. The van der Waals surface area contributed by atoms with Gasteiger partial charge in [-0.2, -0.15) is 5.26 Å². The molecule has 0 radical (unpaired) electrons. The number of nitriles is 1. The maximum Gasteiger partial charge on any atom is 0.278 e. The summed E-state index contributed by atoms with van der Waals surface area (Å²) in [6.45, 7) is 0.242. The predicted molar refractivity (Wildman–Crippen MR) is 78.0 cm³/mol. The van der Waals surface area contributed by atoms with E-state index < -0.39 is 0 Å². The summed E-state index contributed by atoms with van der Waals surface area (Å²) in [7, 11) is 2.99. The standard InChI is InChI=1S/C15H12N4O3/c1-20-14-15(21-2)19-11(7-17-14)12-8-22-13-5-9(6-16)3-4-10(13)18-12/h3-5,7H,8H2,1-2H3. The van der Waals surface area contributed by atoms with Gasteiger partial charge in [-0.1, -0.05) is 0 Å². The molecule has 110 valence electrons. The molecule has 2 heterocycles. The fraction of sp³-hybridized carbons (Fsp3) is 0.200. The summed E-state index contributed by atoms with van der Waals surface area (Å²) in [6.07, 6.45) is 1.55. The highest BCUT2D eigenvalue weighted by molar-refractivity contribution is 6.02. The van der Waals surface area contributed by atoms with Crippen molar-refractivity contribution in [3.63, 3.8) is 0 Å². The van der Waals surface area contributed by atoms with Crippen LogP contribution in [0, 0.1) is 11.3 Å². The zero-order valence-corrected chi connectivity index (χ0v) is 12.0. The summed E-state index contributed by atoms with van der Waals surface area (Å²) in [5.41, 5.74) is 2.36. The summed E-state index contributed by atoms with van der Waals surface area (Å²) in [5, 5.41) is 8.89. The summed E-state index contributed by atoms with van der Waals surface area (Å²) in [5.74, 6) is 1.17. The lowest BCUT2D eigenvalue weighted by atomic mass is 10.1. The van der Waals surface area contributed by atoms with Crippen molar-refractivity contribution in [3.05, 3.63) is 35.7 Å². The summed E-state index contributed by atoms with van der Waals surface area (Å²) >= 11 is 0. The Bertz CT molecular complexity index is 796. The average Bonchev–Trinajstić information content (AvgIpc) is 2.60.